The molecule has 8 nitrogen and oxygen atoms in total. The zero-order chi connectivity index (χ0) is 22.8. The lowest BCUT2D eigenvalue weighted by molar-refractivity contribution is -0.281. The van der Waals surface area contributed by atoms with Crippen LogP contribution in [0.3, 0.4) is 0 Å². The highest BCUT2D eigenvalue weighted by atomic mass is 31.2. The fourth-order valence-electron chi connectivity index (χ4n) is 0.934. The summed E-state index contributed by atoms with van der Waals surface area (Å²) < 4.78 is 71.2. The molecule has 0 aliphatic rings. The molecule has 0 heterocycles. The van der Waals surface area contributed by atoms with Crippen LogP contribution < -0.4 is 0 Å². The maximum absolute atomic E-state index is 11.5. The van der Waals surface area contributed by atoms with Crippen molar-refractivity contribution in [3.8, 4) is 48.7 Å². The molecule has 2 unspecified atom stereocenters. The molecule has 0 aromatic heterocycles. The number of rotatable bonds is 8. The predicted octanol–water partition coefficient (Wildman–Crippen LogP) is 3.92. The van der Waals surface area contributed by atoms with Gasteiger partial charge in [0.25, 0.3) is 0 Å². The van der Waals surface area contributed by atoms with Gasteiger partial charge in [-0.15, -0.1) is 37.9 Å². The van der Waals surface area contributed by atoms with Crippen molar-refractivity contribution < 1.29 is 50.2 Å². The molecule has 162 valence electrons. The van der Waals surface area contributed by atoms with Crippen molar-refractivity contribution >= 4 is 15.6 Å². The summed E-state index contributed by atoms with van der Waals surface area (Å²) in [5, 5.41) is 0. The molecule has 0 aromatic rings. The molecule has 0 bridgehead atoms. The quantitative estimate of drug-likeness (QED) is 0.320. The van der Waals surface area contributed by atoms with Gasteiger partial charge in [0, 0.05) is 25.7 Å². The fraction of sp³-hybridized carbons (Fsp3) is 0.500. The van der Waals surface area contributed by atoms with E-state index in [2.05, 4.69) is 47.9 Å². The molecule has 0 saturated carbocycles. The Balaban J connectivity index is 0. The molecule has 13 heteroatoms. The van der Waals surface area contributed by atoms with Gasteiger partial charge in [-0.2, -0.15) is 4.52 Å². The van der Waals surface area contributed by atoms with Crippen LogP contribution >= 0.6 is 15.6 Å². The average Bonchev–Trinajstić information content (AvgIpc) is 2.58. The molecule has 0 aromatic carbocycles. The second-order valence-electron chi connectivity index (χ2n) is 4.46. The molecular weight excluding hydrogens is 439 g/mol. The average molecular weight is 458 g/mol. The third kappa shape index (κ3) is 23.9. The van der Waals surface area contributed by atoms with E-state index in [1.165, 1.54) is 0 Å². The summed E-state index contributed by atoms with van der Waals surface area (Å²) in [5.41, 5.74) is 0. The van der Waals surface area contributed by atoms with Gasteiger partial charge >= 0.3 is 22.0 Å². The third-order valence-electron chi connectivity index (χ3n) is 1.93. The number of halogens is 3. The van der Waals surface area contributed by atoms with Crippen molar-refractivity contribution in [1.82, 2.24) is 0 Å². The van der Waals surface area contributed by atoms with Crippen LogP contribution in [0.2, 0.25) is 0 Å². The van der Waals surface area contributed by atoms with Gasteiger partial charge in [-0.05, 0) is 6.42 Å². The summed E-state index contributed by atoms with van der Waals surface area (Å²) in [6.45, 7) is 1.98. The highest BCUT2D eigenvalue weighted by Crippen LogP contribution is 2.48. The number of unbranched alkanes of at least 4 members (excludes halogenated alkanes) is 2. The van der Waals surface area contributed by atoms with Gasteiger partial charge in [-0.1, -0.05) is 18.8 Å². The van der Waals surface area contributed by atoms with Crippen molar-refractivity contribution in [3.63, 3.8) is 0 Å². The van der Waals surface area contributed by atoms with Crippen molar-refractivity contribution in [3.05, 3.63) is 0 Å². The molecule has 0 amide bonds. The fourth-order valence-corrected chi connectivity index (χ4v) is 2.06. The Morgan fingerprint density at radius 2 is 1.34 bits per heavy atom. The van der Waals surface area contributed by atoms with Crippen molar-refractivity contribution in [1.29, 1.82) is 0 Å². The van der Waals surface area contributed by atoms with Crippen LogP contribution in [0, 0.1) is 48.7 Å². The largest absolute Gasteiger partial charge is 0.542 e. The van der Waals surface area contributed by atoms with E-state index in [0.29, 0.717) is 19.3 Å². The molecule has 0 aliphatic heterocycles. The molecule has 0 fully saturated rings. The summed E-state index contributed by atoms with van der Waals surface area (Å²) in [5.74, 6) is 9.21. The van der Waals surface area contributed by atoms with Crippen LogP contribution in [0.1, 0.15) is 39.0 Å². The van der Waals surface area contributed by atoms with Crippen LogP contribution in [0.4, 0.5) is 13.2 Å². The van der Waals surface area contributed by atoms with Crippen molar-refractivity contribution in [2.75, 3.05) is 6.61 Å². The van der Waals surface area contributed by atoms with Gasteiger partial charge in [0.1, 0.15) is 12.2 Å². The Hall–Kier alpha value is -2.07. The van der Waals surface area contributed by atoms with Crippen molar-refractivity contribution in [2.24, 2.45) is 0 Å². The molecule has 2 atom stereocenters. The van der Waals surface area contributed by atoms with Gasteiger partial charge in [-0.3, -0.25) is 14.3 Å². The van der Waals surface area contributed by atoms with E-state index < -0.39 is 22.0 Å². The SMILES string of the molecule is C#CCCC#COP(=O)(O)OC(F)(F)F.C#CCCC#COP(=O)(O)OCCC. The van der Waals surface area contributed by atoms with E-state index in [1.807, 2.05) is 6.92 Å². The second-order valence-corrected chi connectivity index (χ2v) is 7.14. The topological polar surface area (TPSA) is 112 Å². The maximum atomic E-state index is 11.5. The zero-order valence-electron chi connectivity index (χ0n) is 15.3. The Bertz CT molecular complexity index is 775. The molecular formula is C16H19F3O8P2. The Kier molecular flexibility index (Phi) is 15.9. The first kappa shape index (κ1) is 29.1. The molecule has 0 aliphatic carbocycles. The molecule has 0 radical (unpaired) electrons. The first-order chi connectivity index (χ1) is 13.4. The Morgan fingerprint density at radius 3 is 1.72 bits per heavy atom. The highest BCUT2D eigenvalue weighted by molar-refractivity contribution is 7.47. The van der Waals surface area contributed by atoms with Crippen molar-refractivity contribution in [2.45, 2.75) is 45.4 Å². The smallest absolute Gasteiger partial charge is 0.350 e. The Labute approximate surface area is 167 Å². The highest BCUT2D eigenvalue weighted by Gasteiger charge is 2.41. The minimum Gasteiger partial charge on any atom is -0.350 e. The number of phosphoric ester groups is 2. The predicted molar refractivity (Wildman–Crippen MR) is 96.9 cm³/mol. The number of alkyl halides is 3. The van der Waals surface area contributed by atoms with Gasteiger partial charge in [0.15, 0.2) is 0 Å². The number of phosphoric acid groups is 2. The molecule has 0 rings (SSSR count). The minimum atomic E-state index is -5.26. The summed E-state index contributed by atoms with van der Waals surface area (Å²) in [4.78, 5) is 17.4. The minimum absolute atomic E-state index is 0.141. The van der Waals surface area contributed by atoms with E-state index in [9.17, 15) is 22.3 Å². The van der Waals surface area contributed by atoms with Gasteiger partial charge < -0.3 is 9.05 Å². The maximum Gasteiger partial charge on any atom is 0.542 e. The first-order valence-corrected chi connectivity index (χ1v) is 10.7. The molecule has 2 N–H and O–H groups in total. The molecule has 29 heavy (non-hydrogen) atoms. The second kappa shape index (κ2) is 15.8. The lowest BCUT2D eigenvalue weighted by Gasteiger charge is -2.09. The van der Waals surface area contributed by atoms with E-state index in [1.54, 1.807) is 6.11 Å². The van der Waals surface area contributed by atoms with Gasteiger partial charge in [0.05, 0.1) is 6.61 Å². The van der Waals surface area contributed by atoms with E-state index in [-0.39, 0.29) is 19.4 Å². The zero-order valence-corrected chi connectivity index (χ0v) is 17.1. The first-order valence-electron chi connectivity index (χ1n) is 7.66. The van der Waals surface area contributed by atoms with E-state index >= 15 is 0 Å². The van der Waals surface area contributed by atoms with Crippen LogP contribution in [0.15, 0.2) is 0 Å². The van der Waals surface area contributed by atoms with E-state index in [4.69, 9.17) is 22.6 Å². The monoisotopic (exact) mass is 458 g/mol. The van der Waals surface area contributed by atoms with Crippen LogP contribution in [0.5, 0.6) is 0 Å². The van der Waals surface area contributed by atoms with E-state index in [0.717, 1.165) is 0 Å². The lowest BCUT2D eigenvalue weighted by atomic mass is 10.3. The summed E-state index contributed by atoms with van der Waals surface area (Å²) in [6, 6.07) is 0. The van der Waals surface area contributed by atoms with Crippen LogP contribution in [-0.2, 0) is 27.2 Å². The normalized spacial score (nSPS) is 13.8. The lowest BCUT2D eigenvalue weighted by Crippen LogP contribution is -2.11. The summed E-state index contributed by atoms with van der Waals surface area (Å²) >= 11 is 0. The molecule has 0 saturated heterocycles. The number of hydrogen-bond donors (Lipinski definition) is 2. The van der Waals surface area contributed by atoms with Crippen LogP contribution in [0.25, 0.3) is 0 Å². The number of hydrogen-bond acceptors (Lipinski definition) is 6. The van der Waals surface area contributed by atoms with Gasteiger partial charge in [-0.25, -0.2) is 9.13 Å². The summed E-state index contributed by atoms with van der Waals surface area (Å²) in [7, 11) is -9.20. The Morgan fingerprint density at radius 1 is 0.897 bits per heavy atom. The third-order valence-corrected chi connectivity index (χ3v) is 3.52. The standard InChI is InChI=1S/C9H13O4P.C7H6F3O4P/c1-3-5-6-7-9-13-14(10,11)12-8-4-2;1-2-3-4-5-6-13-15(11,12)14-7(8,9)10/h1H,4-6,8H2,2H3,(H,10,11);1H,3-4H2,(H,11,12). The van der Waals surface area contributed by atoms with Crippen LogP contribution in [-0.4, -0.2) is 22.8 Å². The number of terminal acetylenes is 2. The molecule has 0 spiro atoms. The van der Waals surface area contributed by atoms with Gasteiger partial charge in [0.2, 0.25) is 0 Å². The summed E-state index contributed by atoms with van der Waals surface area (Å²) in [6.07, 6.45) is 10.2.